The van der Waals surface area contributed by atoms with Crippen LogP contribution in [-0.2, 0) is 0 Å². The Balaban J connectivity index is 2.30. The van der Waals surface area contributed by atoms with Gasteiger partial charge in [-0.15, -0.1) is 11.6 Å². The Morgan fingerprint density at radius 1 is 1.11 bits per heavy atom. The molecule has 4 nitrogen and oxygen atoms in total. The molecular weight excluding hydrogens is 264 g/mol. The van der Waals surface area contributed by atoms with E-state index < -0.39 is 4.92 Å². The number of nitro groups is 1. The highest BCUT2D eigenvalue weighted by Crippen LogP contribution is 2.19. The minimum atomic E-state index is -0.437. The summed E-state index contributed by atoms with van der Waals surface area (Å²) in [7, 11) is 0. The summed E-state index contributed by atoms with van der Waals surface area (Å²) >= 11 is 5.89. The van der Waals surface area contributed by atoms with Gasteiger partial charge in [0.2, 0.25) is 0 Å². The number of nitro benzene ring substituents is 1. The Bertz CT molecular complexity index is 595. The van der Waals surface area contributed by atoms with Gasteiger partial charge in [0.15, 0.2) is 0 Å². The second-order valence-corrected chi connectivity index (χ2v) is 4.10. The molecule has 19 heavy (non-hydrogen) atoms. The van der Waals surface area contributed by atoms with E-state index in [9.17, 15) is 10.1 Å². The summed E-state index contributed by atoms with van der Waals surface area (Å²) in [6.45, 7) is 0. The zero-order valence-corrected chi connectivity index (χ0v) is 10.7. The van der Waals surface area contributed by atoms with Crippen molar-refractivity contribution < 1.29 is 4.92 Å². The summed E-state index contributed by atoms with van der Waals surface area (Å²) in [5.74, 6) is 0.279. The predicted octanol–water partition coefficient (Wildman–Crippen LogP) is 3.95. The van der Waals surface area contributed by atoms with Gasteiger partial charge in [-0.05, 0) is 17.7 Å². The fourth-order valence-corrected chi connectivity index (χ4v) is 1.82. The first-order valence-electron chi connectivity index (χ1n) is 5.64. The third kappa shape index (κ3) is 3.39. The predicted molar refractivity (Wildman–Crippen MR) is 76.5 cm³/mol. The van der Waals surface area contributed by atoms with Gasteiger partial charge in [-0.1, -0.05) is 30.3 Å². The average Bonchev–Trinajstić information content (AvgIpc) is 2.46. The number of non-ortho nitro benzene ring substituents is 1. The first kappa shape index (κ1) is 13.2. The lowest BCUT2D eigenvalue weighted by Crippen LogP contribution is -2.01. The molecule has 0 saturated heterocycles. The second-order valence-electron chi connectivity index (χ2n) is 3.83. The van der Waals surface area contributed by atoms with Crippen molar-refractivity contribution in [2.24, 2.45) is 4.99 Å². The van der Waals surface area contributed by atoms with Crippen molar-refractivity contribution in [3.63, 3.8) is 0 Å². The Labute approximate surface area is 115 Å². The van der Waals surface area contributed by atoms with Gasteiger partial charge in [0.25, 0.3) is 5.69 Å². The molecule has 0 bridgehead atoms. The van der Waals surface area contributed by atoms with Crippen molar-refractivity contribution in [2.45, 2.75) is 0 Å². The van der Waals surface area contributed by atoms with Crippen molar-refractivity contribution in [1.29, 1.82) is 0 Å². The van der Waals surface area contributed by atoms with E-state index in [0.29, 0.717) is 5.69 Å². The highest BCUT2D eigenvalue weighted by atomic mass is 35.5. The maximum Gasteiger partial charge on any atom is 0.269 e. The normalized spacial score (nSPS) is 11.3. The van der Waals surface area contributed by atoms with E-state index in [1.54, 1.807) is 12.1 Å². The molecule has 2 rings (SSSR count). The SMILES string of the molecule is O=[N+]([O-])c1ccc(N=C(CCl)c2ccccc2)cc1. The summed E-state index contributed by atoms with van der Waals surface area (Å²) in [4.78, 5) is 14.5. The molecule has 0 spiro atoms. The minimum absolute atomic E-state index is 0.0473. The van der Waals surface area contributed by atoms with Gasteiger partial charge in [-0.3, -0.25) is 15.1 Å². The molecule has 0 aliphatic heterocycles. The summed E-state index contributed by atoms with van der Waals surface area (Å²) in [5.41, 5.74) is 2.36. The van der Waals surface area contributed by atoms with Gasteiger partial charge >= 0.3 is 0 Å². The minimum Gasteiger partial charge on any atom is -0.258 e. The fraction of sp³-hybridized carbons (Fsp3) is 0.0714. The Kier molecular flexibility index (Phi) is 4.26. The quantitative estimate of drug-likeness (QED) is 0.367. The molecule has 0 aliphatic carbocycles. The van der Waals surface area contributed by atoms with Crippen LogP contribution in [0.4, 0.5) is 11.4 Å². The summed E-state index contributed by atoms with van der Waals surface area (Å²) in [6.07, 6.45) is 0. The lowest BCUT2D eigenvalue weighted by molar-refractivity contribution is -0.384. The molecule has 0 amide bonds. The number of alkyl halides is 1. The zero-order chi connectivity index (χ0) is 13.7. The molecule has 0 fully saturated rings. The largest absolute Gasteiger partial charge is 0.269 e. The van der Waals surface area contributed by atoms with Crippen LogP contribution in [0, 0.1) is 10.1 Å². The monoisotopic (exact) mass is 274 g/mol. The topological polar surface area (TPSA) is 55.5 Å². The van der Waals surface area contributed by atoms with Crippen LogP contribution < -0.4 is 0 Å². The third-order valence-electron chi connectivity index (χ3n) is 2.56. The highest BCUT2D eigenvalue weighted by Gasteiger charge is 2.05. The van der Waals surface area contributed by atoms with Gasteiger partial charge in [0.1, 0.15) is 0 Å². The lowest BCUT2D eigenvalue weighted by atomic mass is 10.1. The first-order valence-corrected chi connectivity index (χ1v) is 6.17. The molecule has 0 radical (unpaired) electrons. The number of nitrogens with zero attached hydrogens (tertiary/aromatic N) is 2. The van der Waals surface area contributed by atoms with Gasteiger partial charge in [0.05, 0.1) is 22.2 Å². The molecular formula is C14H11ClN2O2. The highest BCUT2D eigenvalue weighted by molar-refractivity contribution is 6.32. The van der Waals surface area contributed by atoms with Crippen LogP contribution >= 0.6 is 11.6 Å². The molecule has 0 unspecified atom stereocenters. The van der Waals surface area contributed by atoms with E-state index in [1.807, 2.05) is 30.3 Å². The number of halogens is 1. The van der Waals surface area contributed by atoms with E-state index >= 15 is 0 Å². The van der Waals surface area contributed by atoms with E-state index in [0.717, 1.165) is 11.3 Å². The Hall–Kier alpha value is -2.20. The molecule has 2 aromatic carbocycles. The standard InChI is InChI=1S/C14H11ClN2O2/c15-10-14(11-4-2-1-3-5-11)16-12-6-8-13(9-7-12)17(18)19/h1-9H,10H2. The average molecular weight is 275 g/mol. The number of rotatable bonds is 4. The summed E-state index contributed by atoms with van der Waals surface area (Å²) < 4.78 is 0. The Morgan fingerprint density at radius 2 is 1.74 bits per heavy atom. The third-order valence-corrected chi connectivity index (χ3v) is 2.81. The zero-order valence-electron chi connectivity index (χ0n) is 9.99. The smallest absolute Gasteiger partial charge is 0.258 e. The maximum atomic E-state index is 10.6. The molecule has 0 heterocycles. The van der Waals surface area contributed by atoms with E-state index in [1.165, 1.54) is 12.1 Å². The van der Waals surface area contributed by atoms with Gasteiger partial charge < -0.3 is 0 Å². The molecule has 0 aromatic heterocycles. The van der Waals surface area contributed by atoms with Gasteiger partial charge in [-0.2, -0.15) is 0 Å². The van der Waals surface area contributed by atoms with E-state index in [4.69, 9.17) is 11.6 Å². The number of benzene rings is 2. The second kappa shape index (κ2) is 6.11. The van der Waals surface area contributed by atoms with Crippen molar-refractivity contribution in [3.05, 3.63) is 70.3 Å². The van der Waals surface area contributed by atoms with Crippen molar-refractivity contribution in [2.75, 3.05) is 5.88 Å². The molecule has 0 N–H and O–H groups in total. The lowest BCUT2D eigenvalue weighted by Gasteiger charge is -2.03. The molecule has 0 saturated carbocycles. The van der Waals surface area contributed by atoms with Crippen LogP contribution in [0.15, 0.2) is 59.6 Å². The Morgan fingerprint density at radius 3 is 2.26 bits per heavy atom. The number of aliphatic imine (C=N–C) groups is 1. The first-order chi connectivity index (χ1) is 9.20. The van der Waals surface area contributed by atoms with Crippen LogP contribution in [0.1, 0.15) is 5.56 Å². The van der Waals surface area contributed by atoms with Crippen molar-refractivity contribution >= 4 is 28.7 Å². The van der Waals surface area contributed by atoms with Crippen LogP contribution in [-0.4, -0.2) is 16.5 Å². The number of hydrogen-bond donors (Lipinski definition) is 0. The molecule has 96 valence electrons. The molecule has 5 heteroatoms. The van der Waals surface area contributed by atoms with Crippen molar-refractivity contribution in [1.82, 2.24) is 0 Å². The van der Waals surface area contributed by atoms with E-state index in [2.05, 4.69) is 4.99 Å². The summed E-state index contributed by atoms with van der Waals surface area (Å²) in [6, 6.07) is 15.6. The van der Waals surface area contributed by atoms with Crippen LogP contribution in [0.25, 0.3) is 0 Å². The van der Waals surface area contributed by atoms with Crippen LogP contribution in [0.3, 0.4) is 0 Å². The van der Waals surface area contributed by atoms with Gasteiger partial charge in [-0.25, -0.2) is 0 Å². The molecule has 2 aromatic rings. The summed E-state index contributed by atoms with van der Waals surface area (Å²) in [5, 5.41) is 10.6. The van der Waals surface area contributed by atoms with Gasteiger partial charge in [0, 0.05) is 12.1 Å². The fourth-order valence-electron chi connectivity index (χ4n) is 1.61. The van der Waals surface area contributed by atoms with Crippen molar-refractivity contribution in [3.8, 4) is 0 Å². The van der Waals surface area contributed by atoms with Crippen LogP contribution in [0.5, 0.6) is 0 Å². The van der Waals surface area contributed by atoms with E-state index in [-0.39, 0.29) is 11.6 Å². The molecule has 0 aliphatic rings. The van der Waals surface area contributed by atoms with Crippen LogP contribution in [0.2, 0.25) is 0 Å². The number of hydrogen-bond acceptors (Lipinski definition) is 3. The maximum absolute atomic E-state index is 10.6. The molecule has 0 atom stereocenters.